The molecule has 0 saturated carbocycles. The number of hydrogen-bond acceptors (Lipinski definition) is 1. The maximum Gasteiger partial charge on any atom is 0.438 e. The van der Waals surface area contributed by atoms with Crippen LogP contribution < -0.4 is 4.59 Å². The minimum Gasteiger partial charge on any atom is -0.204 e. The molecule has 1 heterocycles. The lowest BCUT2D eigenvalue weighted by atomic mass is 10.0. The van der Waals surface area contributed by atoms with Crippen LogP contribution >= 0.6 is 0 Å². The average Bonchev–Trinajstić information content (AvgIpc) is 2.89. The molecule has 0 spiro atoms. The van der Waals surface area contributed by atoms with Gasteiger partial charge in [0.25, 0.3) is 0 Å². The molecular weight excluding hydrogens is 365 g/mol. The zero-order valence-electron chi connectivity index (χ0n) is 13.1. The summed E-state index contributed by atoms with van der Waals surface area (Å²) >= 11 is 0. The van der Waals surface area contributed by atoms with E-state index in [1.165, 1.54) is 24.3 Å². The summed E-state index contributed by atoms with van der Waals surface area (Å²) in [6, 6.07) is 6.79. The standard InChI is InChI=1S/C17H10F7N2/c1-26(15(20)8-14(25-26)17(22,23)24)13-5-3-2-4-10(13)9-6-11(18)16(21)12(19)7-9/h2-8H,1H3/q+1. The van der Waals surface area contributed by atoms with Gasteiger partial charge in [0, 0.05) is 11.6 Å². The van der Waals surface area contributed by atoms with Crippen LogP contribution in [0.25, 0.3) is 11.1 Å². The van der Waals surface area contributed by atoms with Crippen LogP contribution in [0.1, 0.15) is 0 Å². The first-order valence-corrected chi connectivity index (χ1v) is 7.20. The number of allylic oxidation sites excluding steroid dienone is 1. The highest BCUT2D eigenvalue weighted by atomic mass is 19.4. The molecule has 0 fully saturated rings. The Hall–Kier alpha value is -2.68. The molecule has 26 heavy (non-hydrogen) atoms. The molecule has 1 unspecified atom stereocenters. The number of quaternary nitrogens is 1. The van der Waals surface area contributed by atoms with Gasteiger partial charge >= 0.3 is 12.1 Å². The number of halogens is 7. The number of nitrogens with zero attached hydrogens (tertiary/aromatic N) is 2. The fraction of sp³-hybridized carbons (Fsp3) is 0.118. The molecule has 136 valence electrons. The largest absolute Gasteiger partial charge is 0.438 e. The van der Waals surface area contributed by atoms with Crippen LogP contribution in [0.2, 0.25) is 0 Å². The Morgan fingerprint density at radius 2 is 1.50 bits per heavy atom. The molecule has 2 aromatic rings. The lowest BCUT2D eigenvalue weighted by Gasteiger charge is -2.24. The van der Waals surface area contributed by atoms with E-state index >= 15 is 0 Å². The van der Waals surface area contributed by atoms with E-state index in [2.05, 4.69) is 5.10 Å². The van der Waals surface area contributed by atoms with Crippen molar-refractivity contribution >= 4 is 11.4 Å². The zero-order chi connectivity index (χ0) is 19.3. The van der Waals surface area contributed by atoms with Crippen molar-refractivity contribution in [3.8, 4) is 11.1 Å². The van der Waals surface area contributed by atoms with Gasteiger partial charge in [0.1, 0.15) is 7.05 Å². The van der Waals surface area contributed by atoms with Gasteiger partial charge < -0.3 is 0 Å². The predicted molar refractivity (Wildman–Crippen MR) is 82.2 cm³/mol. The van der Waals surface area contributed by atoms with Gasteiger partial charge in [-0.1, -0.05) is 17.2 Å². The van der Waals surface area contributed by atoms with E-state index in [1.807, 2.05) is 0 Å². The van der Waals surface area contributed by atoms with Crippen molar-refractivity contribution in [3.63, 3.8) is 0 Å². The summed E-state index contributed by atoms with van der Waals surface area (Å²) in [5.74, 6) is -5.87. The highest BCUT2D eigenvalue weighted by Gasteiger charge is 2.48. The van der Waals surface area contributed by atoms with Crippen molar-refractivity contribution in [3.05, 3.63) is 65.9 Å². The van der Waals surface area contributed by atoms with Crippen LogP contribution in [-0.2, 0) is 0 Å². The van der Waals surface area contributed by atoms with Gasteiger partial charge in [-0.25, -0.2) is 13.2 Å². The maximum atomic E-state index is 14.4. The van der Waals surface area contributed by atoms with Gasteiger partial charge in [0.15, 0.2) is 23.1 Å². The first-order chi connectivity index (χ1) is 12.0. The highest BCUT2D eigenvalue weighted by molar-refractivity contribution is 6.02. The molecule has 0 N–H and O–H groups in total. The lowest BCUT2D eigenvalue weighted by Crippen LogP contribution is -2.35. The number of para-hydroxylation sites is 1. The van der Waals surface area contributed by atoms with Gasteiger partial charge in [-0.05, 0) is 23.8 Å². The van der Waals surface area contributed by atoms with Crippen molar-refractivity contribution in [2.45, 2.75) is 6.18 Å². The Bertz CT molecular complexity index is 923. The quantitative estimate of drug-likeness (QED) is 0.286. The minimum atomic E-state index is -4.86. The van der Waals surface area contributed by atoms with E-state index in [1.54, 1.807) is 0 Å². The molecule has 0 aliphatic carbocycles. The first-order valence-electron chi connectivity index (χ1n) is 7.20. The number of hydrogen-bond donors (Lipinski definition) is 0. The second-order valence-electron chi connectivity index (χ2n) is 5.68. The summed E-state index contributed by atoms with van der Waals surface area (Å²) in [7, 11) is 1.06. The van der Waals surface area contributed by atoms with Gasteiger partial charge in [0.2, 0.25) is 5.71 Å². The second-order valence-corrected chi connectivity index (χ2v) is 5.68. The molecule has 0 saturated heterocycles. The molecule has 0 amide bonds. The number of benzene rings is 2. The fourth-order valence-electron chi connectivity index (χ4n) is 2.65. The SMILES string of the molecule is C[N+]1(c2ccccc2-c2cc(F)c(F)c(F)c2)N=C(C(F)(F)F)C=C1F. The predicted octanol–water partition coefficient (Wildman–Crippen LogP) is 5.45. The van der Waals surface area contributed by atoms with Crippen molar-refractivity contribution in [2.75, 3.05) is 7.05 Å². The molecule has 2 nitrogen and oxygen atoms in total. The van der Waals surface area contributed by atoms with E-state index in [9.17, 15) is 30.7 Å². The Kier molecular flexibility index (Phi) is 4.14. The van der Waals surface area contributed by atoms with Gasteiger partial charge in [-0.15, -0.1) is 8.98 Å². The molecule has 0 aromatic heterocycles. The maximum absolute atomic E-state index is 14.4. The van der Waals surface area contributed by atoms with Crippen molar-refractivity contribution in [1.29, 1.82) is 0 Å². The molecule has 3 rings (SSSR count). The number of alkyl halides is 3. The van der Waals surface area contributed by atoms with Crippen LogP contribution in [0.3, 0.4) is 0 Å². The van der Waals surface area contributed by atoms with Crippen LogP contribution in [0.5, 0.6) is 0 Å². The molecule has 9 heteroatoms. The Labute approximate surface area is 143 Å². The van der Waals surface area contributed by atoms with Gasteiger partial charge in [-0.3, -0.25) is 0 Å². The van der Waals surface area contributed by atoms with E-state index in [4.69, 9.17) is 0 Å². The number of rotatable bonds is 2. The topological polar surface area (TPSA) is 12.4 Å². The molecule has 0 radical (unpaired) electrons. The lowest BCUT2D eigenvalue weighted by molar-refractivity contribution is -0.0581. The summed E-state index contributed by atoms with van der Waals surface area (Å²) in [6.07, 6.45) is -4.61. The monoisotopic (exact) mass is 375 g/mol. The van der Waals surface area contributed by atoms with Gasteiger partial charge in [0.05, 0.1) is 6.08 Å². The van der Waals surface area contributed by atoms with E-state index in [0.29, 0.717) is 12.1 Å². The van der Waals surface area contributed by atoms with E-state index < -0.39 is 39.9 Å². The van der Waals surface area contributed by atoms with Crippen LogP contribution in [0.15, 0.2) is 53.5 Å². The smallest absolute Gasteiger partial charge is 0.204 e. The summed E-state index contributed by atoms with van der Waals surface area (Å²) < 4.78 is 92.0. The third kappa shape index (κ3) is 2.88. The summed E-state index contributed by atoms with van der Waals surface area (Å²) in [5, 5.41) is 3.39. The Balaban J connectivity index is 2.21. The average molecular weight is 375 g/mol. The molecule has 1 aliphatic rings. The van der Waals surface area contributed by atoms with Crippen molar-refractivity contribution in [2.24, 2.45) is 5.10 Å². The second kappa shape index (κ2) is 5.94. The zero-order valence-corrected chi connectivity index (χ0v) is 13.1. The van der Waals surface area contributed by atoms with Crippen LogP contribution in [-0.4, -0.2) is 18.9 Å². The normalized spacial score (nSPS) is 20.2. The minimum absolute atomic E-state index is 0.00326. The first kappa shape index (κ1) is 18.1. The molecule has 2 aromatic carbocycles. The molecular formula is C17H10F7N2+. The summed E-state index contributed by atoms with van der Waals surface area (Å²) in [5.41, 5.74) is -1.70. The highest BCUT2D eigenvalue weighted by Crippen LogP contribution is 2.41. The van der Waals surface area contributed by atoms with E-state index in [-0.39, 0.29) is 22.9 Å². The molecule has 0 bridgehead atoms. The van der Waals surface area contributed by atoms with Crippen molar-refractivity contribution in [1.82, 2.24) is 4.59 Å². The molecule has 1 atom stereocenters. The Morgan fingerprint density at radius 3 is 2.04 bits per heavy atom. The van der Waals surface area contributed by atoms with Gasteiger partial charge in [-0.2, -0.15) is 13.2 Å². The summed E-state index contributed by atoms with van der Waals surface area (Å²) in [4.78, 5) is 0. The van der Waals surface area contributed by atoms with Crippen molar-refractivity contribution < 1.29 is 30.7 Å². The Morgan fingerprint density at radius 1 is 0.923 bits per heavy atom. The van der Waals surface area contributed by atoms with E-state index in [0.717, 1.165) is 7.05 Å². The third-order valence-electron chi connectivity index (χ3n) is 3.94. The fourth-order valence-corrected chi connectivity index (χ4v) is 2.65. The molecule has 1 aliphatic heterocycles. The van der Waals surface area contributed by atoms with Crippen LogP contribution in [0.4, 0.5) is 36.4 Å². The van der Waals surface area contributed by atoms with Crippen LogP contribution in [0, 0.1) is 17.5 Å². The third-order valence-corrected chi connectivity index (χ3v) is 3.94. The summed E-state index contributed by atoms with van der Waals surface area (Å²) in [6.45, 7) is 0.